The minimum absolute atomic E-state index is 0. The van der Waals surface area contributed by atoms with Gasteiger partial charge in [-0.1, -0.05) is 49.4 Å². The maximum atomic E-state index is 13.2. The fourth-order valence-electron chi connectivity index (χ4n) is 4.31. The van der Waals surface area contributed by atoms with Crippen molar-refractivity contribution in [1.82, 2.24) is 14.9 Å². The Balaban J connectivity index is 0.00000304. The van der Waals surface area contributed by atoms with Crippen LogP contribution in [0.4, 0.5) is 5.82 Å². The van der Waals surface area contributed by atoms with E-state index < -0.39 is 0 Å². The van der Waals surface area contributed by atoms with Crippen LogP contribution in [0.2, 0.25) is 0 Å². The third-order valence-corrected chi connectivity index (χ3v) is 7.38. The molecule has 188 valence electrons. The van der Waals surface area contributed by atoms with Crippen LogP contribution in [0.5, 0.6) is 6.01 Å². The van der Waals surface area contributed by atoms with E-state index in [1.807, 2.05) is 47.4 Å². The van der Waals surface area contributed by atoms with Crippen LogP contribution in [0.25, 0.3) is 21.3 Å². The first-order valence-corrected chi connectivity index (χ1v) is 12.8. The zero-order chi connectivity index (χ0) is 24.2. The highest BCUT2D eigenvalue weighted by atomic mass is 35.5. The lowest BCUT2D eigenvalue weighted by Crippen LogP contribution is -2.49. The van der Waals surface area contributed by atoms with E-state index in [0.717, 1.165) is 33.6 Å². The number of carbonyl (C=O) groups excluding carboxylic acids is 1. The van der Waals surface area contributed by atoms with Crippen LogP contribution < -0.4 is 15.4 Å². The average Bonchev–Trinajstić information content (AvgIpc) is 3.35. The number of fused-ring (bicyclic) bond motifs is 1. The molecule has 0 atom stereocenters. The highest BCUT2D eigenvalue weighted by molar-refractivity contribution is 7.18. The summed E-state index contributed by atoms with van der Waals surface area (Å²) in [6, 6.07) is 20.6. The molecule has 1 fully saturated rings. The molecule has 9 heteroatoms. The third-order valence-electron chi connectivity index (χ3n) is 6.21. The van der Waals surface area contributed by atoms with Gasteiger partial charge in [-0.25, -0.2) is 0 Å². The molecule has 4 aromatic rings. The molecule has 0 bridgehead atoms. The molecule has 2 N–H and O–H groups in total. The Labute approximate surface area is 221 Å². The molecule has 2 aromatic heterocycles. The van der Waals surface area contributed by atoms with Crippen LogP contribution in [0.1, 0.15) is 22.2 Å². The van der Waals surface area contributed by atoms with E-state index in [4.69, 9.17) is 15.5 Å². The lowest BCUT2D eigenvalue weighted by atomic mass is 10.0. The summed E-state index contributed by atoms with van der Waals surface area (Å²) in [6.45, 7) is 5.60. The molecule has 0 saturated carbocycles. The fourth-order valence-corrected chi connectivity index (χ4v) is 5.26. The van der Waals surface area contributed by atoms with E-state index in [-0.39, 0.29) is 18.3 Å². The highest BCUT2D eigenvalue weighted by Crippen LogP contribution is 2.33. The van der Waals surface area contributed by atoms with Crippen LogP contribution in [0, 0.1) is 0 Å². The molecule has 1 saturated heterocycles. The normalized spacial score (nSPS) is 13.5. The summed E-state index contributed by atoms with van der Waals surface area (Å²) in [7, 11) is 0. The quantitative estimate of drug-likeness (QED) is 0.380. The third kappa shape index (κ3) is 5.46. The molecule has 5 rings (SSSR count). The lowest BCUT2D eigenvalue weighted by Gasteiger charge is -2.35. The largest absolute Gasteiger partial charge is 0.462 e. The smallest absolute Gasteiger partial charge is 0.319 e. The second kappa shape index (κ2) is 11.7. The number of halogens is 1. The van der Waals surface area contributed by atoms with Gasteiger partial charge in [0.05, 0.1) is 5.39 Å². The lowest BCUT2D eigenvalue weighted by molar-refractivity contribution is 0.0746. The van der Waals surface area contributed by atoms with Crippen molar-refractivity contribution in [2.75, 3.05) is 44.2 Å². The summed E-state index contributed by atoms with van der Waals surface area (Å²) in [5, 5.41) is 1.04. The minimum atomic E-state index is 0. The molecule has 36 heavy (non-hydrogen) atoms. The van der Waals surface area contributed by atoms with E-state index in [9.17, 15) is 4.79 Å². The van der Waals surface area contributed by atoms with Crippen molar-refractivity contribution in [3.05, 3.63) is 71.1 Å². The maximum absolute atomic E-state index is 13.2. The zero-order valence-electron chi connectivity index (χ0n) is 20.2. The average molecular weight is 524 g/mol. The SMILES string of the molecule is CCc1cc2c(N3CCN(C(=O)c4ccc(-c5ccccc5)cc4)CC3)nc(OCCN)nc2s1.Cl. The Morgan fingerprint density at radius 2 is 1.69 bits per heavy atom. The molecular weight excluding hydrogens is 494 g/mol. The molecule has 1 aliphatic heterocycles. The predicted molar refractivity (Wildman–Crippen MR) is 149 cm³/mol. The van der Waals surface area contributed by atoms with Gasteiger partial charge in [0.25, 0.3) is 5.91 Å². The van der Waals surface area contributed by atoms with E-state index in [0.29, 0.717) is 50.9 Å². The van der Waals surface area contributed by atoms with Gasteiger partial charge < -0.3 is 20.3 Å². The molecule has 2 aromatic carbocycles. The summed E-state index contributed by atoms with van der Waals surface area (Å²) < 4.78 is 5.66. The van der Waals surface area contributed by atoms with Crippen molar-refractivity contribution < 1.29 is 9.53 Å². The van der Waals surface area contributed by atoms with Crippen molar-refractivity contribution in [1.29, 1.82) is 0 Å². The topological polar surface area (TPSA) is 84.6 Å². The highest BCUT2D eigenvalue weighted by Gasteiger charge is 2.25. The molecule has 1 aliphatic rings. The molecule has 0 aliphatic carbocycles. The van der Waals surface area contributed by atoms with E-state index in [2.05, 4.69) is 35.0 Å². The van der Waals surface area contributed by atoms with Crippen molar-refractivity contribution in [2.24, 2.45) is 5.73 Å². The standard InChI is InChI=1S/C27H29N5O2S.ClH/c1-2-22-18-23-24(29-27(34-17-12-28)30-25(23)35-22)31-13-15-32(16-14-31)26(33)21-10-8-20(9-11-21)19-6-4-3-5-7-19;/h3-11,18H,2,12-17,28H2,1H3;1H. The first kappa shape index (κ1) is 25.9. The van der Waals surface area contributed by atoms with Gasteiger partial charge in [0.2, 0.25) is 0 Å². The van der Waals surface area contributed by atoms with Crippen molar-refractivity contribution in [2.45, 2.75) is 13.3 Å². The van der Waals surface area contributed by atoms with Gasteiger partial charge in [-0.05, 0) is 35.7 Å². The fraction of sp³-hybridized carbons (Fsp3) is 0.296. The van der Waals surface area contributed by atoms with Crippen molar-refractivity contribution in [3.63, 3.8) is 0 Å². The second-order valence-electron chi connectivity index (χ2n) is 8.47. The number of rotatable bonds is 7. The maximum Gasteiger partial charge on any atom is 0.319 e. The number of nitrogens with zero attached hydrogens (tertiary/aromatic N) is 4. The Morgan fingerprint density at radius 1 is 1.00 bits per heavy atom. The number of thiophene rings is 1. The number of aromatic nitrogens is 2. The van der Waals surface area contributed by atoms with Crippen LogP contribution in [0.15, 0.2) is 60.7 Å². The van der Waals surface area contributed by atoms with Gasteiger partial charge in [-0.3, -0.25) is 4.79 Å². The van der Waals surface area contributed by atoms with E-state index in [1.165, 1.54) is 4.88 Å². The number of nitrogens with two attached hydrogens (primary N) is 1. The van der Waals surface area contributed by atoms with Crippen molar-refractivity contribution >= 4 is 45.7 Å². The molecule has 0 spiro atoms. The van der Waals surface area contributed by atoms with E-state index >= 15 is 0 Å². The van der Waals surface area contributed by atoms with Gasteiger partial charge >= 0.3 is 6.01 Å². The van der Waals surface area contributed by atoms with Gasteiger partial charge in [0.15, 0.2) is 0 Å². The number of piperazine rings is 1. The summed E-state index contributed by atoms with van der Waals surface area (Å²) in [5.74, 6) is 0.935. The van der Waals surface area contributed by atoms with E-state index in [1.54, 1.807) is 11.3 Å². The molecule has 0 radical (unpaired) electrons. The number of aryl methyl sites for hydroxylation is 1. The summed E-state index contributed by atoms with van der Waals surface area (Å²) in [6.07, 6.45) is 0.949. The van der Waals surface area contributed by atoms with Gasteiger partial charge in [0.1, 0.15) is 17.3 Å². The van der Waals surface area contributed by atoms with Crippen LogP contribution in [0.3, 0.4) is 0 Å². The van der Waals surface area contributed by atoms with Gasteiger partial charge in [-0.15, -0.1) is 23.7 Å². The second-order valence-corrected chi connectivity index (χ2v) is 9.59. The first-order chi connectivity index (χ1) is 17.2. The molecule has 0 unspecified atom stereocenters. The summed E-state index contributed by atoms with van der Waals surface area (Å²) in [4.78, 5) is 28.8. The Bertz CT molecular complexity index is 1310. The summed E-state index contributed by atoms with van der Waals surface area (Å²) in [5.41, 5.74) is 8.56. The molecule has 3 heterocycles. The van der Waals surface area contributed by atoms with Gasteiger partial charge in [0, 0.05) is 43.2 Å². The Kier molecular flexibility index (Phi) is 8.40. The Hall–Kier alpha value is -3.20. The summed E-state index contributed by atoms with van der Waals surface area (Å²) >= 11 is 1.67. The van der Waals surface area contributed by atoms with Gasteiger partial charge in [-0.2, -0.15) is 9.97 Å². The van der Waals surface area contributed by atoms with Crippen molar-refractivity contribution in [3.8, 4) is 17.1 Å². The van der Waals surface area contributed by atoms with Crippen LogP contribution >= 0.6 is 23.7 Å². The number of carbonyl (C=O) groups is 1. The number of ether oxygens (including phenoxy) is 1. The number of benzene rings is 2. The molecular formula is C27H30ClN5O2S. The Morgan fingerprint density at radius 3 is 2.36 bits per heavy atom. The zero-order valence-corrected chi connectivity index (χ0v) is 21.9. The number of anilines is 1. The number of amides is 1. The molecule has 7 nitrogen and oxygen atoms in total. The molecule has 1 amide bonds. The number of hydrogen-bond acceptors (Lipinski definition) is 7. The monoisotopic (exact) mass is 523 g/mol. The first-order valence-electron chi connectivity index (χ1n) is 12.0. The van der Waals surface area contributed by atoms with Crippen LogP contribution in [-0.4, -0.2) is 60.1 Å². The minimum Gasteiger partial charge on any atom is -0.462 e. The van der Waals surface area contributed by atoms with Crippen LogP contribution in [-0.2, 0) is 6.42 Å². The predicted octanol–water partition coefficient (Wildman–Crippen LogP) is 4.64. The number of hydrogen-bond donors (Lipinski definition) is 1.